The van der Waals surface area contributed by atoms with Crippen molar-refractivity contribution in [3.63, 3.8) is 0 Å². The molecule has 3 heterocycles. The van der Waals surface area contributed by atoms with E-state index in [2.05, 4.69) is 33.2 Å². The number of fused-ring (bicyclic) bond motifs is 4. The summed E-state index contributed by atoms with van der Waals surface area (Å²) < 4.78 is 18.2. The number of halogens is 1. The molecule has 13 heteroatoms. The molecule has 4 fully saturated rings. The Hall–Kier alpha value is -1.88. The van der Waals surface area contributed by atoms with Crippen LogP contribution < -0.4 is 10.6 Å². The van der Waals surface area contributed by atoms with Gasteiger partial charge in [-0.05, 0) is 41.1 Å². The maximum atomic E-state index is 14.0. The van der Waals surface area contributed by atoms with Crippen molar-refractivity contribution in [2.75, 3.05) is 19.9 Å². The van der Waals surface area contributed by atoms with Crippen LogP contribution in [0.4, 0.5) is 0 Å². The van der Waals surface area contributed by atoms with E-state index in [9.17, 15) is 19.5 Å². The second kappa shape index (κ2) is 10.1. The monoisotopic (exact) mass is 617 g/mol. The van der Waals surface area contributed by atoms with Gasteiger partial charge in [0.05, 0.1) is 19.3 Å². The molecule has 36 heavy (non-hydrogen) atoms. The summed E-state index contributed by atoms with van der Waals surface area (Å²) in [4.78, 5) is 46.3. The number of hydrogen-bond acceptors (Lipinski definition) is 10. The lowest BCUT2D eigenvalue weighted by Crippen LogP contribution is -2.71. The first kappa shape index (κ1) is 25.8. The summed E-state index contributed by atoms with van der Waals surface area (Å²) in [5, 5.41) is 25.9. The largest absolute Gasteiger partial charge is 0.458 e. The molecule has 1 aromatic rings. The molecular formula is C23H28IN3O9. The number of nitrogens with one attached hydrogen (secondary N) is 2. The van der Waals surface area contributed by atoms with Crippen LogP contribution in [0, 0.1) is 8.99 Å². The molecule has 12 nitrogen and oxygen atoms in total. The minimum absolute atomic E-state index is 0.0257. The Bertz CT molecular complexity index is 1040. The van der Waals surface area contributed by atoms with E-state index < -0.39 is 65.8 Å². The van der Waals surface area contributed by atoms with Gasteiger partial charge in [0, 0.05) is 16.5 Å². The Labute approximate surface area is 220 Å². The molecule has 5 rings (SSSR count). The van der Waals surface area contributed by atoms with Gasteiger partial charge >= 0.3 is 5.97 Å². The summed E-state index contributed by atoms with van der Waals surface area (Å²) in [5.74, 6) is -1.90. The molecule has 8 atom stereocenters. The van der Waals surface area contributed by atoms with Crippen LogP contribution >= 0.6 is 22.6 Å². The standard InChI is InChI=1S/C23H28IN3O9/c1-11(29)15(20(30)25-6-7-28)26-22(32)23-8-14-16-17(34-10-33-16)19(23)36-27(18(23)21(31)35-14)9-12-4-2-3-5-13(12)24/h2-5,11,14-19,28-29H,6-10H2,1H3,(H,25,30)(H,26,32)/t11-,14+,15+,16-,17-,18-,19+,23-/m0/s1. The number of esters is 1. The van der Waals surface area contributed by atoms with Crippen LogP contribution in [0.25, 0.3) is 0 Å². The summed E-state index contributed by atoms with van der Waals surface area (Å²) in [6.45, 7) is 1.23. The Balaban J connectivity index is 1.50. The topological polar surface area (TPSA) is 156 Å². The first-order chi connectivity index (χ1) is 17.3. The van der Waals surface area contributed by atoms with Gasteiger partial charge in [0.15, 0.2) is 6.04 Å². The third-order valence-corrected chi connectivity index (χ3v) is 8.29. The van der Waals surface area contributed by atoms with E-state index in [4.69, 9.17) is 24.2 Å². The van der Waals surface area contributed by atoms with E-state index in [0.29, 0.717) is 0 Å². The van der Waals surface area contributed by atoms with Gasteiger partial charge in [-0.2, -0.15) is 5.06 Å². The summed E-state index contributed by atoms with van der Waals surface area (Å²) >= 11 is 2.19. The maximum Gasteiger partial charge on any atom is 0.327 e. The average molecular weight is 617 g/mol. The van der Waals surface area contributed by atoms with Crippen molar-refractivity contribution in [2.45, 2.75) is 62.5 Å². The van der Waals surface area contributed by atoms with E-state index in [0.717, 1.165) is 9.13 Å². The molecule has 4 N–H and O–H groups in total. The first-order valence-corrected chi connectivity index (χ1v) is 12.8. The summed E-state index contributed by atoms with van der Waals surface area (Å²) in [5.41, 5.74) is -0.549. The van der Waals surface area contributed by atoms with E-state index >= 15 is 0 Å². The quantitative estimate of drug-likeness (QED) is 0.207. The van der Waals surface area contributed by atoms with Gasteiger partial charge in [-0.1, -0.05) is 18.2 Å². The third kappa shape index (κ3) is 4.19. The van der Waals surface area contributed by atoms with E-state index in [1.165, 1.54) is 12.0 Å². The van der Waals surface area contributed by atoms with E-state index in [-0.39, 0.29) is 32.9 Å². The molecule has 1 aliphatic carbocycles. The van der Waals surface area contributed by atoms with Gasteiger partial charge < -0.3 is 35.1 Å². The molecule has 0 aromatic heterocycles. The van der Waals surface area contributed by atoms with Gasteiger partial charge in [-0.25, -0.2) is 0 Å². The lowest BCUT2D eigenvalue weighted by atomic mass is 9.62. The number of amides is 2. The maximum absolute atomic E-state index is 14.0. The van der Waals surface area contributed by atoms with Crippen LogP contribution in [0.2, 0.25) is 0 Å². The molecule has 4 aliphatic rings. The van der Waals surface area contributed by atoms with Crippen molar-refractivity contribution in [3.05, 3.63) is 33.4 Å². The van der Waals surface area contributed by atoms with Crippen molar-refractivity contribution in [3.8, 4) is 0 Å². The zero-order valence-electron chi connectivity index (χ0n) is 19.5. The molecule has 0 radical (unpaired) electrons. The highest BCUT2D eigenvalue weighted by Gasteiger charge is 2.74. The normalized spacial score (nSPS) is 34.4. The summed E-state index contributed by atoms with van der Waals surface area (Å²) in [7, 11) is 0. The van der Waals surface area contributed by atoms with E-state index in [1.807, 2.05) is 24.3 Å². The van der Waals surface area contributed by atoms with Crippen LogP contribution in [0.15, 0.2) is 24.3 Å². The van der Waals surface area contributed by atoms with Crippen LogP contribution in [0.3, 0.4) is 0 Å². The van der Waals surface area contributed by atoms with Crippen LogP contribution in [-0.4, -0.2) is 95.6 Å². The molecule has 2 amide bonds. The lowest BCUT2D eigenvalue weighted by Gasteiger charge is -2.49. The number of carbonyl (C=O) groups excluding carboxylic acids is 3. The van der Waals surface area contributed by atoms with Gasteiger partial charge in [0.1, 0.15) is 42.7 Å². The van der Waals surface area contributed by atoms with Gasteiger partial charge in [-0.3, -0.25) is 19.2 Å². The van der Waals surface area contributed by atoms with Gasteiger partial charge in [0.25, 0.3) is 0 Å². The zero-order valence-corrected chi connectivity index (χ0v) is 21.6. The lowest BCUT2D eigenvalue weighted by molar-refractivity contribution is -0.201. The number of ether oxygens (including phenoxy) is 3. The number of hydrogen-bond donors (Lipinski definition) is 4. The Morgan fingerprint density at radius 3 is 2.75 bits per heavy atom. The summed E-state index contributed by atoms with van der Waals surface area (Å²) in [6.07, 6.45) is -3.99. The Morgan fingerprint density at radius 1 is 1.28 bits per heavy atom. The molecule has 1 saturated carbocycles. The van der Waals surface area contributed by atoms with Crippen molar-refractivity contribution < 1.29 is 43.6 Å². The smallest absolute Gasteiger partial charge is 0.327 e. The number of carbonyl (C=O) groups is 3. The van der Waals surface area contributed by atoms with Crippen molar-refractivity contribution in [1.82, 2.24) is 15.7 Å². The second-order valence-corrected chi connectivity index (χ2v) is 10.6. The SMILES string of the molecule is C[C@H](O)[C@@H](NC(=O)[C@@]12C[C@H]3OC(=O)[C@@H]1N(Cc1ccccc1I)O[C@@H]2[C@H]1OCO[C@H]13)C(=O)NCCO. The predicted molar refractivity (Wildman–Crippen MR) is 129 cm³/mol. The molecular weight excluding hydrogens is 589 g/mol. The molecule has 2 bridgehead atoms. The zero-order chi connectivity index (χ0) is 25.6. The predicted octanol–water partition coefficient (Wildman–Crippen LogP) is -1.19. The third-order valence-electron chi connectivity index (χ3n) is 7.24. The fourth-order valence-electron chi connectivity index (χ4n) is 5.60. The number of hydroxylamine groups is 2. The molecule has 3 aliphatic heterocycles. The highest BCUT2D eigenvalue weighted by molar-refractivity contribution is 14.1. The number of benzene rings is 1. The fourth-order valence-corrected chi connectivity index (χ4v) is 6.16. The van der Waals surface area contributed by atoms with E-state index in [1.54, 1.807) is 0 Å². The number of aliphatic hydroxyl groups excluding tert-OH is 2. The number of nitrogens with zero attached hydrogens (tertiary/aromatic N) is 1. The van der Waals surface area contributed by atoms with Crippen molar-refractivity contribution in [2.24, 2.45) is 5.41 Å². The fraction of sp³-hybridized carbons (Fsp3) is 0.609. The highest BCUT2D eigenvalue weighted by atomic mass is 127. The average Bonchev–Trinajstić information content (AvgIpc) is 3.46. The first-order valence-electron chi connectivity index (χ1n) is 11.8. The van der Waals surface area contributed by atoms with Crippen molar-refractivity contribution in [1.29, 1.82) is 0 Å². The van der Waals surface area contributed by atoms with Gasteiger partial charge in [0.2, 0.25) is 11.8 Å². The minimum Gasteiger partial charge on any atom is -0.458 e. The molecule has 3 saturated heterocycles. The summed E-state index contributed by atoms with van der Waals surface area (Å²) in [6, 6.07) is 5.20. The molecule has 196 valence electrons. The minimum atomic E-state index is -1.44. The number of rotatable bonds is 8. The Morgan fingerprint density at radius 2 is 2.03 bits per heavy atom. The number of aliphatic hydroxyl groups is 2. The van der Waals surface area contributed by atoms with Crippen LogP contribution in [0.5, 0.6) is 0 Å². The van der Waals surface area contributed by atoms with Crippen molar-refractivity contribution >= 4 is 40.4 Å². The molecule has 1 aromatic carbocycles. The van der Waals surface area contributed by atoms with Crippen LogP contribution in [-0.2, 0) is 40.0 Å². The molecule has 0 unspecified atom stereocenters. The second-order valence-electron chi connectivity index (χ2n) is 9.40. The van der Waals surface area contributed by atoms with Crippen LogP contribution in [0.1, 0.15) is 18.9 Å². The van der Waals surface area contributed by atoms with Gasteiger partial charge in [-0.15, -0.1) is 0 Å². The highest BCUT2D eigenvalue weighted by Crippen LogP contribution is 2.55. The Kier molecular flexibility index (Phi) is 7.24. The molecule has 0 spiro atoms.